The lowest BCUT2D eigenvalue weighted by molar-refractivity contribution is 0.594. The van der Waals surface area contributed by atoms with E-state index >= 15 is 0 Å². The van der Waals surface area contributed by atoms with E-state index in [1.807, 2.05) is 30.6 Å². The summed E-state index contributed by atoms with van der Waals surface area (Å²) in [6, 6.07) is 8.94. The Morgan fingerprint density at radius 1 is 1.32 bits per heavy atom. The molecule has 3 rings (SSSR count). The van der Waals surface area contributed by atoms with Crippen molar-refractivity contribution >= 4 is 48.0 Å². The molecule has 1 atom stereocenters. The molecular formula is C14H13BrN2S2. The molecule has 0 aliphatic heterocycles. The maximum Gasteiger partial charge on any atom is 0.0469 e. The lowest BCUT2D eigenvalue weighted by atomic mass is 10.1. The van der Waals surface area contributed by atoms with Crippen LogP contribution in [-0.2, 0) is 6.42 Å². The number of hydrogen-bond acceptors (Lipinski definition) is 4. The summed E-state index contributed by atoms with van der Waals surface area (Å²) < 4.78 is 3.78. The molecule has 0 bridgehead atoms. The van der Waals surface area contributed by atoms with Crippen LogP contribution in [0.2, 0.25) is 0 Å². The molecule has 2 nitrogen and oxygen atoms in total. The molecule has 0 saturated heterocycles. The maximum absolute atomic E-state index is 4.45. The number of fused-ring (bicyclic) bond motifs is 1. The second kappa shape index (κ2) is 5.71. The van der Waals surface area contributed by atoms with Crippen molar-refractivity contribution in [3.8, 4) is 0 Å². The molecule has 3 aromatic rings. The monoisotopic (exact) mass is 352 g/mol. The van der Waals surface area contributed by atoms with E-state index < -0.39 is 0 Å². The number of pyridine rings is 1. The van der Waals surface area contributed by atoms with Gasteiger partial charge in [0, 0.05) is 43.1 Å². The van der Waals surface area contributed by atoms with Crippen molar-refractivity contribution in [3.63, 3.8) is 0 Å². The molecule has 0 fully saturated rings. The number of aromatic nitrogens is 1. The van der Waals surface area contributed by atoms with Crippen LogP contribution in [0.4, 0.5) is 0 Å². The van der Waals surface area contributed by atoms with Crippen molar-refractivity contribution < 1.29 is 0 Å². The summed E-state index contributed by atoms with van der Waals surface area (Å²) in [7, 11) is 2.01. The number of nitrogens with zero attached hydrogens (tertiary/aromatic N) is 1. The summed E-state index contributed by atoms with van der Waals surface area (Å²) in [4.78, 5) is 5.84. The van der Waals surface area contributed by atoms with E-state index in [-0.39, 0.29) is 0 Å². The van der Waals surface area contributed by atoms with Crippen molar-refractivity contribution in [2.75, 3.05) is 7.05 Å². The lowest BCUT2D eigenvalue weighted by Crippen LogP contribution is -2.18. The fourth-order valence-corrected chi connectivity index (χ4v) is 4.50. The molecule has 0 saturated carbocycles. The first-order valence-electron chi connectivity index (χ1n) is 6.01. The summed E-state index contributed by atoms with van der Waals surface area (Å²) in [5.74, 6) is 0. The molecule has 0 amide bonds. The summed E-state index contributed by atoms with van der Waals surface area (Å²) in [6.07, 6.45) is 2.77. The molecule has 3 aromatic heterocycles. The zero-order chi connectivity index (χ0) is 13.2. The minimum atomic E-state index is 0.332. The van der Waals surface area contributed by atoms with E-state index in [9.17, 15) is 0 Å². The minimum absolute atomic E-state index is 0.332. The van der Waals surface area contributed by atoms with E-state index in [2.05, 4.69) is 49.8 Å². The fraction of sp³-hybridized carbons (Fsp3) is 0.214. The molecule has 0 aromatic carbocycles. The van der Waals surface area contributed by atoms with Gasteiger partial charge in [0.15, 0.2) is 0 Å². The van der Waals surface area contributed by atoms with Crippen LogP contribution in [0.5, 0.6) is 0 Å². The predicted molar refractivity (Wildman–Crippen MR) is 87.1 cm³/mol. The van der Waals surface area contributed by atoms with Crippen LogP contribution >= 0.6 is 38.6 Å². The summed E-state index contributed by atoms with van der Waals surface area (Å²) >= 11 is 7.09. The Bertz CT molecular complexity index is 644. The van der Waals surface area contributed by atoms with Crippen LogP contribution in [0, 0.1) is 0 Å². The maximum atomic E-state index is 4.45. The Balaban J connectivity index is 1.84. The third-order valence-corrected chi connectivity index (χ3v) is 5.73. The number of likely N-dealkylation sites (N-methyl/N-ethyl adjacent to an activating group) is 1. The van der Waals surface area contributed by atoms with Gasteiger partial charge in [0.1, 0.15) is 0 Å². The van der Waals surface area contributed by atoms with Crippen LogP contribution in [0.15, 0.2) is 40.3 Å². The van der Waals surface area contributed by atoms with Crippen molar-refractivity contribution in [2.45, 2.75) is 12.5 Å². The highest BCUT2D eigenvalue weighted by Gasteiger charge is 2.14. The molecule has 0 aliphatic rings. The molecule has 0 radical (unpaired) electrons. The Labute approximate surface area is 128 Å². The average molecular weight is 353 g/mol. The van der Waals surface area contributed by atoms with Gasteiger partial charge in [-0.25, -0.2) is 0 Å². The van der Waals surface area contributed by atoms with Crippen LogP contribution in [0.3, 0.4) is 0 Å². The number of halogens is 1. The van der Waals surface area contributed by atoms with Crippen LogP contribution in [0.25, 0.3) is 9.40 Å². The molecule has 0 aliphatic carbocycles. The first-order valence-corrected chi connectivity index (χ1v) is 8.50. The van der Waals surface area contributed by atoms with Gasteiger partial charge in [-0.1, -0.05) is 0 Å². The number of hydrogen-bond donors (Lipinski definition) is 1. The normalized spacial score (nSPS) is 12.9. The minimum Gasteiger partial charge on any atom is -0.312 e. The van der Waals surface area contributed by atoms with Gasteiger partial charge < -0.3 is 5.32 Å². The molecule has 98 valence electrons. The second-order valence-corrected chi connectivity index (χ2v) is 7.29. The predicted octanol–water partition coefficient (Wildman–Crippen LogP) is 4.62. The highest BCUT2D eigenvalue weighted by molar-refractivity contribution is 9.10. The van der Waals surface area contributed by atoms with Gasteiger partial charge >= 0.3 is 0 Å². The topological polar surface area (TPSA) is 24.9 Å². The average Bonchev–Trinajstić information content (AvgIpc) is 2.99. The van der Waals surface area contributed by atoms with E-state index in [1.54, 1.807) is 11.3 Å². The third kappa shape index (κ3) is 2.89. The molecule has 0 spiro atoms. The fourth-order valence-electron chi connectivity index (χ4n) is 2.04. The van der Waals surface area contributed by atoms with Gasteiger partial charge in [-0.2, -0.15) is 0 Å². The lowest BCUT2D eigenvalue weighted by Gasteiger charge is -2.13. The summed E-state index contributed by atoms with van der Waals surface area (Å²) in [6.45, 7) is 0. The second-order valence-electron chi connectivity index (χ2n) is 4.31. The first kappa shape index (κ1) is 13.2. The zero-order valence-electron chi connectivity index (χ0n) is 10.4. The number of thiophene rings is 2. The van der Waals surface area contributed by atoms with Gasteiger partial charge in [-0.3, -0.25) is 4.98 Å². The molecule has 19 heavy (non-hydrogen) atoms. The quantitative estimate of drug-likeness (QED) is 0.740. The van der Waals surface area contributed by atoms with Crippen molar-refractivity contribution in [1.82, 2.24) is 10.3 Å². The summed E-state index contributed by atoms with van der Waals surface area (Å²) in [5.41, 5.74) is 1.11. The van der Waals surface area contributed by atoms with Crippen LogP contribution < -0.4 is 5.32 Å². The highest BCUT2D eigenvalue weighted by atomic mass is 79.9. The smallest absolute Gasteiger partial charge is 0.0469 e. The Kier molecular flexibility index (Phi) is 3.98. The van der Waals surface area contributed by atoms with Gasteiger partial charge in [-0.05, 0) is 52.6 Å². The van der Waals surface area contributed by atoms with Crippen LogP contribution in [0.1, 0.15) is 16.6 Å². The van der Waals surface area contributed by atoms with E-state index in [4.69, 9.17) is 0 Å². The number of nitrogens with one attached hydrogen (secondary N) is 1. The van der Waals surface area contributed by atoms with Gasteiger partial charge in [0.05, 0.1) is 0 Å². The zero-order valence-corrected chi connectivity index (χ0v) is 13.6. The first-order chi connectivity index (χ1) is 9.26. The van der Waals surface area contributed by atoms with Crippen molar-refractivity contribution in [3.05, 3.63) is 50.9 Å². The Morgan fingerprint density at radius 2 is 2.21 bits per heavy atom. The van der Waals surface area contributed by atoms with Gasteiger partial charge in [0.2, 0.25) is 0 Å². The standard InChI is InChI=1S/C14H13BrN2S2/c1-16-11(6-10-3-2-9(15)8-17-10)13-7-14-12(19-13)4-5-18-14/h2-5,7-8,11,16H,6H2,1H3. The Morgan fingerprint density at radius 3 is 2.89 bits per heavy atom. The number of rotatable bonds is 4. The third-order valence-electron chi connectivity index (χ3n) is 3.05. The highest BCUT2D eigenvalue weighted by Crippen LogP contribution is 2.34. The van der Waals surface area contributed by atoms with Gasteiger partial charge in [0.25, 0.3) is 0 Å². The molecule has 3 heterocycles. The van der Waals surface area contributed by atoms with Crippen molar-refractivity contribution in [1.29, 1.82) is 0 Å². The molecular weight excluding hydrogens is 340 g/mol. The van der Waals surface area contributed by atoms with Crippen molar-refractivity contribution in [2.24, 2.45) is 0 Å². The Hall–Kier alpha value is -0.750. The van der Waals surface area contributed by atoms with E-state index in [0.717, 1.165) is 16.6 Å². The largest absolute Gasteiger partial charge is 0.312 e. The SMILES string of the molecule is CNC(Cc1ccc(Br)cn1)c1cc2sccc2s1. The summed E-state index contributed by atoms with van der Waals surface area (Å²) in [5, 5.41) is 5.54. The van der Waals surface area contributed by atoms with E-state index in [0.29, 0.717) is 6.04 Å². The molecule has 1 unspecified atom stereocenters. The van der Waals surface area contributed by atoms with Crippen LogP contribution in [-0.4, -0.2) is 12.0 Å². The molecule has 1 N–H and O–H groups in total. The van der Waals surface area contributed by atoms with E-state index in [1.165, 1.54) is 14.3 Å². The van der Waals surface area contributed by atoms with Gasteiger partial charge in [-0.15, -0.1) is 22.7 Å². The molecule has 5 heteroatoms.